The Morgan fingerprint density at radius 1 is 1.30 bits per heavy atom. The fraction of sp³-hybridized carbons (Fsp3) is 0.350. The molecule has 30 heavy (non-hydrogen) atoms. The van der Waals surface area contributed by atoms with E-state index in [0.29, 0.717) is 15.3 Å². The number of thiazole rings is 1. The van der Waals surface area contributed by atoms with Gasteiger partial charge in [-0.25, -0.2) is 9.78 Å². The number of hydrogen-bond acceptors (Lipinski definition) is 7. The Hall–Kier alpha value is -2.59. The van der Waals surface area contributed by atoms with Crippen LogP contribution in [0.25, 0.3) is 0 Å². The number of aromatic nitrogens is 1. The van der Waals surface area contributed by atoms with Crippen molar-refractivity contribution in [3.05, 3.63) is 38.8 Å². The number of fused-ring (bicyclic) bond motifs is 2. The number of rotatable bonds is 5. The minimum atomic E-state index is -1.05. The van der Waals surface area contributed by atoms with Gasteiger partial charge in [-0.15, -0.1) is 11.3 Å². The molecular formula is C20H18BrN3O5S. The Bertz CT molecular complexity index is 1040. The van der Waals surface area contributed by atoms with E-state index < -0.39 is 36.2 Å². The van der Waals surface area contributed by atoms with Gasteiger partial charge < -0.3 is 4.74 Å². The molecule has 1 aliphatic carbocycles. The minimum absolute atomic E-state index is 0.222. The van der Waals surface area contributed by atoms with Crippen molar-refractivity contribution in [2.24, 2.45) is 0 Å². The van der Waals surface area contributed by atoms with Gasteiger partial charge in [0.1, 0.15) is 6.04 Å². The van der Waals surface area contributed by atoms with Crippen molar-refractivity contribution in [3.8, 4) is 0 Å². The predicted octanol–water partition coefficient (Wildman–Crippen LogP) is 2.88. The van der Waals surface area contributed by atoms with E-state index in [9.17, 15) is 19.2 Å². The molecule has 0 spiro atoms. The molecule has 0 saturated carbocycles. The fourth-order valence-corrected chi connectivity index (χ4v) is 4.97. The van der Waals surface area contributed by atoms with E-state index in [1.807, 2.05) is 0 Å². The lowest BCUT2D eigenvalue weighted by Crippen LogP contribution is -2.44. The number of benzene rings is 1. The van der Waals surface area contributed by atoms with Gasteiger partial charge in [0.15, 0.2) is 11.7 Å². The molecule has 2 heterocycles. The molecular weight excluding hydrogens is 474 g/mol. The number of ether oxygens (including phenoxy) is 1. The summed E-state index contributed by atoms with van der Waals surface area (Å²) in [5.74, 6) is -2.77. The molecule has 10 heteroatoms. The molecule has 2 aromatic rings. The molecule has 2 amide bonds. The maximum absolute atomic E-state index is 12.4. The van der Waals surface area contributed by atoms with E-state index in [2.05, 4.69) is 26.2 Å². The SMILES string of the molecule is CC(C(=O)OCC(=O)Nc1nc2c(s1)CCCC2)N1C(=O)C(=O)c2cc(Br)ccc21. The van der Waals surface area contributed by atoms with Crippen LogP contribution in [0.15, 0.2) is 22.7 Å². The summed E-state index contributed by atoms with van der Waals surface area (Å²) in [5.41, 5.74) is 1.59. The van der Waals surface area contributed by atoms with Crippen molar-refractivity contribution in [3.63, 3.8) is 0 Å². The highest BCUT2D eigenvalue weighted by Crippen LogP contribution is 2.33. The van der Waals surface area contributed by atoms with E-state index in [1.165, 1.54) is 29.2 Å². The summed E-state index contributed by atoms with van der Waals surface area (Å²) in [4.78, 5) is 55.9. The van der Waals surface area contributed by atoms with Crippen molar-refractivity contribution in [1.29, 1.82) is 0 Å². The lowest BCUT2D eigenvalue weighted by molar-refractivity contribution is -0.148. The first-order valence-electron chi connectivity index (χ1n) is 9.47. The topological polar surface area (TPSA) is 106 Å². The van der Waals surface area contributed by atoms with Gasteiger partial charge in [0, 0.05) is 9.35 Å². The molecule has 1 atom stereocenters. The van der Waals surface area contributed by atoms with Crippen molar-refractivity contribution < 1.29 is 23.9 Å². The molecule has 0 radical (unpaired) electrons. The van der Waals surface area contributed by atoms with Gasteiger partial charge in [0.25, 0.3) is 17.6 Å². The first-order chi connectivity index (χ1) is 14.3. The largest absolute Gasteiger partial charge is 0.454 e. The lowest BCUT2D eigenvalue weighted by Gasteiger charge is -2.22. The quantitative estimate of drug-likeness (QED) is 0.509. The van der Waals surface area contributed by atoms with Crippen molar-refractivity contribution in [2.75, 3.05) is 16.8 Å². The number of anilines is 2. The molecule has 2 aliphatic rings. The summed E-state index contributed by atoms with van der Waals surface area (Å²) >= 11 is 4.70. The molecule has 1 aliphatic heterocycles. The van der Waals surface area contributed by atoms with E-state index in [-0.39, 0.29) is 5.56 Å². The maximum atomic E-state index is 12.4. The van der Waals surface area contributed by atoms with Gasteiger partial charge in [-0.05, 0) is 50.8 Å². The third-order valence-electron chi connectivity index (χ3n) is 5.04. The highest BCUT2D eigenvalue weighted by Gasteiger charge is 2.41. The number of hydrogen-bond donors (Lipinski definition) is 1. The minimum Gasteiger partial charge on any atom is -0.454 e. The van der Waals surface area contributed by atoms with E-state index in [0.717, 1.165) is 36.3 Å². The molecule has 1 N–H and O–H groups in total. The van der Waals surface area contributed by atoms with Gasteiger partial charge in [0.05, 0.1) is 16.9 Å². The summed E-state index contributed by atoms with van der Waals surface area (Å²) in [6, 6.07) is 3.75. The number of ketones is 1. The van der Waals surface area contributed by atoms with Crippen LogP contribution in [0.1, 0.15) is 40.7 Å². The van der Waals surface area contributed by atoms with Crippen LogP contribution < -0.4 is 10.2 Å². The second-order valence-corrected chi connectivity index (χ2v) is 9.09. The Kier molecular flexibility index (Phi) is 5.70. The second-order valence-electron chi connectivity index (χ2n) is 7.09. The standard InChI is InChI=1S/C20H18BrN3O5S/c1-10(24-14-7-6-11(21)8-12(14)17(26)18(24)27)19(28)29-9-16(25)23-20-22-13-4-2-3-5-15(13)30-20/h6-8,10H,2-5,9H2,1H3,(H,22,23,25). The van der Waals surface area contributed by atoms with Crippen LogP contribution in [0.3, 0.4) is 0 Å². The predicted molar refractivity (Wildman–Crippen MR) is 114 cm³/mol. The highest BCUT2D eigenvalue weighted by molar-refractivity contribution is 9.10. The molecule has 0 bridgehead atoms. The van der Waals surface area contributed by atoms with Crippen LogP contribution in [0.5, 0.6) is 0 Å². The summed E-state index contributed by atoms with van der Waals surface area (Å²) in [6.45, 7) is 0.952. The number of halogens is 1. The number of nitrogens with zero attached hydrogens (tertiary/aromatic N) is 2. The molecule has 4 rings (SSSR count). The lowest BCUT2D eigenvalue weighted by atomic mass is 10.0. The maximum Gasteiger partial charge on any atom is 0.329 e. The molecule has 1 aromatic heterocycles. The molecule has 1 aromatic carbocycles. The average molecular weight is 492 g/mol. The second kappa shape index (κ2) is 8.27. The zero-order valence-corrected chi connectivity index (χ0v) is 18.5. The Balaban J connectivity index is 1.37. The number of carbonyl (C=O) groups is 4. The number of esters is 1. The van der Waals surface area contributed by atoms with Crippen LogP contribution in [-0.4, -0.2) is 41.2 Å². The smallest absolute Gasteiger partial charge is 0.329 e. The van der Waals surface area contributed by atoms with Gasteiger partial charge in [-0.3, -0.25) is 24.6 Å². The fourth-order valence-electron chi connectivity index (χ4n) is 3.54. The van der Waals surface area contributed by atoms with Crippen LogP contribution in [-0.2, 0) is 32.0 Å². The van der Waals surface area contributed by atoms with E-state index >= 15 is 0 Å². The zero-order valence-electron chi connectivity index (χ0n) is 16.1. The Morgan fingerprint density at radius 2 is 2.07 bits per heavy atom. The summed E-state index contributed by atoms with van der Waals surface area (Å²) in [7, 11) is 0. The van der Waals surface area contributed by atoms with E-state index in [1.54, 1.807) is 12.1 Å². The number of carbonyl (C=O) groups excluding carboxylic acids is 4. The monoisotopic (exact) mass is 491 g/mol. The number of nitrogens with one attached hydrogen (secondary N) is 1. The molecule has 0 saturated heterocycles. The van der Waals surface area contributed by atoms with Gasteiger partial charge in [0.2, 0.25) is 0 Å². The van der Waals surface area contributed by atoms with Crippen molar-refractivity contribution >= 4 is 61.7 Å². The van der Waals surface area contributed by atoms with Crippen LogP contribution >= 0.6 is 27.3 Å². The summed E-state index contributed by atoms with van der Waals surface area (Å²) < 4.78 is 5.74. The molecule has 156 valence electrons. The number of Topliss-reactive ketones (excluding diaryl/α,β-unsaturated/α-hetero) is 1. The normalized spacial score (nSPS) is 16.1. The van der Waals surface area contributed by atoms with E-state index in [4.69, 9.17) is 4.74 Å². The summed E-state index contributed by atoms with van der Waals surface area (Å²) in [5, 5.41) is 3.15. The zero-order chi connectivity index (χ0) is 21.4. The highest BCUT2D eigenvalue weighted by atomic mass is 79.9. The van der Waals surface area contributed by atoms with Crippen molar-refractivity contribution in [1.82, 2.24) is 4.98 Å². The van der Waals surface area contributed by atoms with Crippen LogP contribution in [0.4, 0.5) is 10.8 Å². The third-order valence-corrected chi connectivity index (χ3v) is 6.61. The Morgan fingerprint density at radius 3 is 2.83 bits per heavy atom. The Labute approximate surface area is 184 Å². The van der Waals surface area contributed by atoms with Crippen LogP contribution in [0, 0.1) is 0 Å². The van der Waals surface area contributed by atoms with Crippen molar-refractivity contribution in [2.45, 2.75) is 38.6 Å². The van der Waals surface area contributed by atoms with Gasteiger partial charge in [-0.1, -0.05) is 15.9 Å². The number of aryl methyl sites for hydroxylation is 2. The van der Waals surface area contributed by atoms with Crippen LogP contribution in [0.2, 0.25) is 0 Å². The van der Waals surface area contributed by atoms with Gasteiger partial charge in [-0.2, -0.15) is 0 Å². The molecule has 0 fully saturated rings. The summed E-state index contributed by atoms with van der Waals surface area (Å²) in [6.07, 6.45) is 4.10. The molecule has 1 unspecified atom stereocenters. The first kappa shape index (κ1) is 20.7. The third kappa shape index (κ3) is 3.89. The average Bonchev–Trinajstić information content (AvgIpc) is 3.24. The molecule has 8 nitrogen and oxygen atoms in total. The van der Waals surface area contributed by atoms with Gasteiger partial charge >= 0.3 is 5.97 Å². The number of amides is 2. The first-order valence-corrected chi connectivity index (χ1v) is 11.1.